The molecule has 0 spiro atoms. The van der Waals surface area contributed by atoms with Crippen LogP contribution in [0.2, 0.25) is 0 Å². The smallest absolute Gasteiger partial charge is 0.150 e. The first-order valence-electron chi connectivity index (χ1n) is 11.7. The number of aliphatic imine (C=N–C) groups is 3. The number of para-hydroxylation sites is 1. The largest absolute Gasteiger partial charge is 0.374 e. The fourth-order valence-corrected chi connectivity index (χ4v) is 4.74. The van der Waals surface area contributed by atoms with Crippen molar-refractivity contribution < 1.29 is 4.39 Å². The summed E-state index contributed by atoms with van der Waals surface area (Å²) in [4.78, 5) is 19.1. The van der Waals surface area contributed by atoms with Crippen LogP contribution in [0.4, 0.5) is 10.1 Å². The minimum atomic E-state index is -0.356. The highest BCUT2D eigenvalue weighted by atomic mass is 32.2. The van der Waals surface area contributed by atoms with Crippen LogP contribution in [-0.2, 0) is 6.54 Å². The molecular formula is C26H34FN7S. The van der Waals surface area contributed by atoms with E-state index in [4.69, 9.17) is 4.99 Å². The second kappa shape index (κ2) is 13.7. The number of nitrogens with one attached hydrogen (secondary N) is 2. The molecule has 2 heterocycles. The molecule has 1 aliphatic heterocycles. The zero-order valence-electron chi connectivity index (χ0n) is 20.7. The van der Waals surface area contributed by atoms with Crippen molar-refractivity contribution in [2.45, 2.75) is 26.8 Å². The lowest BCUT2D eigenvalue weighted by Crippen LogP contribution is -2.32. The molecule has 186 valence electrons. The van der Waals surface area contributed by atoms with Crippen LogP contribution >= 0.6 is 11.8 Å². The van der Waals surface area contributed by atoms with E-state index in [-0.39, 0.29) is 12.4 Å². The first-order chi connectivity index (χ1) is 17.0. The van der Waals surface area contributed by atoms with Crippen molar-refractivity contribution in [1.29, 1.82) is 0 Å². The number of aryl methyl sites for hydroxylation is 1. The number of pyridine rings is 1. The lowest BCUT2D eigenvalue weighted by Gasteiger charge is -2.25. The van der Waals surface area contributed by atoms with Crippen LogP contribution in [0.15, 0.2) is 69.1 Å². The Balaban J connectivity index is 1.48. The third kappa shape index (κ3) is 8.29. The van der Waals surface area contributed by atoms with Crippen LogP contribution in [0, 0.1) is 18.7 Å². The highest BCUT2D eigenvalue weighted by Gasteiger charge is 2.17. The molecule has 0 aliphatic carbocycles. The number of benzene rings is 1. The van der Waals surface area contributed by atoms with Gasteiger partial charge in [-0.05, 0) is 49.9 Å². The van der Waals surface area contributed by atoms with Gasteiger partial charge in [0.25, 0.3) is 0 Å². The highest BCUT2D eigenvalue weighted by molar-refractivity contribution is 8.14. The van der Waals surface area contributed by atoms with Crippen LogP contribution in [0.5, 0.6) is 0 Å². The SMILES string of the molecule is C=NC=N/C(NCc1ncccc1F)=C1\CSC(CCNCC(C)CN(C)c2ccccc2C)=N1. The monoisotopic (exact) mass is 495 g/mol. The van der Waals surface area contributed by atoms with Gasteiger partial charge in [0.2, 0.25) is 0 Å². The van der Waals surface area contributed by atoms with Crippen molar-refractivity contribution >= 4 is 35.5 Å². The number of thioether (sulfide) groups is 1. The van der Waals surface area contributed by atoms with Crippen molar-refractivity contribution in [3.05, 3.63) is 71.2 Å². The summed E-state index contributed by atoms with van der Waals surface area (Å²) in [7, 11) is 2.15. The highest BCUT2D eigenvalue weighted by Crippen LogP contribution is 2.25. The maximum atomic E-state index is 13.9. The summed E-state index contributed by atoms with van der Waals surface area (Å²) >= 11 is 1.70. The van der Waals surface area contributed by atoms with Gasteiger partial charge in [-0.2, -0.15) is 0 Å². The predicted molar refractivity (Wildman–Crippen MR) is 147 cm³/mol. The fourth-order valence-electron chi connectivity index (χ4n) is 3.82. The van der Waals surface area contributed by atoms with Crippen LogP contribution in [0.1, 0.15) is 24.6 Å². The topological polar surface area (TPSA) is 77.3 Å². The van der Waals surface area contributed by atoms with E-state index in [1.54, 1.807) is 24.0 Å². The summed E-state index contributed by atoms with van der Waals surface area (Å²) in [6.45, 7) is 10.8. The number of anilines is 1. The summed E-state index contributed by atoms with van der Waals surface area (Å²) in [5.74, 6) is 1.42. The Morgan fingerprint density at radius 3 is 2.91 bits per heavy atom. The molecule has 3 rings (SSSR count). The number of aromatic nitrogens is 1. The molecule has 35 heavy (non-hydrogen) atoms. The van der Waals surface area contributed by atoms with Gasteiger partial charge in [0.05, 0.1) is 23.0 Å². The standard InChI is InChI=1S/C26H34FN7S/c1-19(16-34(4)24-10-6-5-8-20(24)2)14-29-13-11-25-33-23(17-35-25)26(32-18-28-3)31-15-22-21(27)9-7-12-30-22/h5-10,12,18-19,29,31H,3,11,13-17H2,1-2,4H3/b26-23+,32-18?. The van der Waals surface area contributed by atoms with E-state index in [0.717, 1.165) is 36.8 Å². The van der Waals surface area contributed by atoms with Crippen LogP contribution < -0.4 is 15.5 Å². The van der Waals surface area contributed by atoms with Crippen molar-refractivity contribution in [3.63, 3.8) is 0 Å². The molecule has 1 unspecified atom stereocenters. The van der Waals surface area contributed by atoms with Crippen LogP contribution in [0.25, 0.3) is 0 Å². The van der Waals surface area contributed by atoms with Gasteiger partial charge in [0.15, 0.2) is 5.82 Å². The lowest BCUT2D eigenvalue weighted by molar-refractivity contribution is 0.519. The maximum absolute atomic E-state index is 13.9. The lowest BCUT2D eigenvalue weighted by atomic mass is 10.1. The molecule has 1 atom stereocenters. The van der Waals surface area contributed by atoms with Crippen molar-refractivity contribution in [1.82, 2.24) is 15.6 Å². The summed E-state index contributed by atoms with van der Waals surface area (Å²) in [5, 5.41) is 7.76. The van der Waals surface area contributed by atoms with Crippen LogP contribution in [0.3, 0.4) is 0 Å². The molecule has 1 aliphatic rings. The van der Waals surface area contributed by atoms with Gasteiger partial charge >= 0.3 is 0 Å². The van der Waals surface area contributed by atoms with E-state index >= 15 is 0 Å². The van der Waals surface area contributed by atoms with Gasteiger partial charge in [-0.3, -0.25) is 9.98 Å². The molecule has 1 aromatic carbocycles. The molecule has 1 aromatic heterocycles. The normalized spacial score (nSPS) is 15.7. The first kappa shape index (κ1) is 26.6. The van der Waals surface area contributed by atoms with Gasteiger partial charge in [0, 0.05) is 44.2 Å². The Labute approximate surface area is 211 Å². The first-order valence-corrected chi connectivity index (χ1v) is 12.7. The second-order valence-corrected chi connectivity index (χ2v) is 9.58. The van der Waals surface area contributed by atoms with Gasteiger partial charge in [-0.25, -0.2) is 14.4 Å². The summed E-state index contributed by atoms with van der Waals surface area (Å²) in [5.41, 5.74) is 3.71. The molecule has 0 radical (unpaired) electrons. The Hall–Kier alpha value is -3.04. The van der Waals surface area contributed by atoms with Crippen molar-refractivity contribution in [2.24, 2.45) is 20.9 Å². The number of rotatable bonds is 13. The molecular weight excluding hydrogens is 461 g/mol. The number of halogens is 1. The number of hydrogen-bond acceptors (Lipinski definition) is 7. The van der Waals surface area contributed by atoms with Gasteiger partial charge in [-0.15, -0.1) is 11.8 Å². The molecule has 9 heteroatoms. The third-order valence-corrected chi connectivity index (χ3v) is 6.60. The fraction of sp³-hybridized carbons (Fsp3) is 0.385. The van der Waals surface area contributed by atoms with E-state index in [1.165, 1.54) is 23.7 Å². The average molecular weight is 496 g/mol. The minimum absolute atomic E-state index is 0.214. The molecule has 2 N–H and O–H groups in total. The van der Waals surface area contributed by atoms with Crippen LogP contribution in [-0.4, -0.2) is 55.5 Å². The van der Waals surface area contributed by atoms with Crippen molar-refractivity contribution in [2.75, 3.05) is 37.3 Å². The Bertz CT molecular complexity index is 1080. The predicted octanol–water partition coefficient (Wildman–Crippen LogP) is 4.41. The van der Waals surface area contributed by atoms with E-state index in [1.807, 2.05) is 0 Å². The molecule has 0 fully saturated rings. The Kier molecular flexibility index (Phi) is 10.4. The van der Waals surface area contributed by atoms with Gasteiger partial charge < -0.3 is 15.5 Å². The molecule has 7 nitrogen and oxygen atoms in total. The molecule has 0 saturated carbocycles. The zero-order valence-corrected chi connectivity index (χ0v) is 21.5. The Morgan fingerprint density at radius 2 is 2.14 bits per heavy atom. The summed E-state index contributed by atoms with van der Waals surface area (Å²) in [6, 6.07) is 11.4. The third-order valence-electron chi connectivity index (χ3n) is 5.56. The molecule has 0 amide bonds. The maximum Gasteiger partial charge on any atom is 0.150 e. The summed E-state index contributed by atoms with van der Waals surface area (Å²) < 4.78 is 13.9. The Morgan fingerprint density at radius 1 is 1.31 bits per heavy atom. The van der Waals surface area contributed by atoms with Crippen molar-refractivity contribution in [3.8, 4) is 0 Å². The summed E-state index contributed by atoms with van der Waals surface area (Å²) in [6.07, 6.45) is 3.77. The molecule has 0 saturated heterocycles. The second-order valence-electron chi connectivity index (χ2n) is 8.53. The van der Waals surface area contributed by atoms with E-state index in [9.17, 15) is 4.39 Å². The minimum Gasteiger partial charge on any atom is -0.374 e. The average Bonchev–Trinajstić information content (AvgIpc) is 3.32. The molecule has 2 aromatic rings. The zero-order chi connectivity index (χ0) is 25.0. The molecule has 0 bridgehead atoms. The van der Waals surface area contributed by atoms with E-state index in [2.05, 4.69) is 82.4 Å². The van der Waals surface area contributed by atoms with Gasteiger partial charge in [-0.1, -0.05) is 25.1 Å². The van der Waals surface area contributed by atoms with Gasteiger partial charge in [0.1, 0.15) is 12.2 Å². The number of nitrogens with zero attached hydrogens (tertiary/aromatic N) is 5. The number of hydrogen-bond donors (Lipinski definition) is 2. The van der Waals surface area contributed by atoms with E-state index < -0.39 is 0 Å². The quantitative estimate of drug-likeness (QED) is 0.244. The van der Waals surface area contributed by atoms with E-state index in [0.29, 0.717) is 23.2 Å².